The summed E-state index contributed by atoms with van der Waals surface area (Å²) in [5.74, 6) is 0.0835. The van der Waals surface area contributed by atoms with E-state index in [1.54, 1.807) is 42.5 Å². The number of hydrazone groups is 1. The van der Waals surface area contributed by atoms with E-state index in [-0.39, 0.29) is 6.61 Å². The summed E-state index contributed by atoms with van der Waals surface area (Å²) >= 11 is 17.8. The summed E-state index contributed by atoms with van der Waals surface area (Å²) in [6.07, 6.45) is 1.38. The summed E-state index contributed by atoms with van der Waals surface area (Å²) in [5, 5.41) is 5.22. The Morgan fingerprint density at radius 2 is 1.82 bits per heavy atom. The topological polar surface area (TPSA) is 50.7 Å². The van der Waals surface area contributed by atoms with Gasteiger partial charge in [0.15, 0.2) is 6.61 Å². The van der Waals surface area contributed by atoms with E-state index in [1.165, 1.54) is 6.21 Å². The fraction of sp³-hybridized carbons (Fsp3) is 0.0667. The highest BCUT2D eigenvalue weighted by molar-refractivity contribution is 6.38. The van der Waals surface area contributed by atoms with Crippen molar-refractivity contribution in [2.45, 2.75) is 0 Å². The number of halogens is 3. The fourth-order valence-electron chi connectivity index (χ4n) is 1.54. The molecule has 2 aromatic carbocycles. The molecular formula is C15H11Cl3N2O2. The molecular weight excluding hydrogens is 347 g/mol. The summed E-state index contributed by atoms with van der Waals surface area (Å²) in [6.45, 7) is -0.187. The lowest BCUT2D eigenvalue weighted by Gasteiger charge is -2.05. The zero-order valence-corrected chi connectivity index (χ0v) is 13.5. The highest BCUT2D eigenvalue weighted by atomic mass is 35.5. The molecule has 0 saturated heterocycles. The molecule has 0 spiro atoms. The summed E-state index contributed by atoms with van der Waals surface area (Å²) in [5.41, 5.74) is 2.86. The number of carbonyl (C=O) groups excluding carboxylic acids is 1. The van der Waals surface area contributed by atoms with Crippen molar-refractivity contribution in [1.82, 2.24) is 5.43 Å². The van der Waals surface area contributed by atoms with Crippen LogP contribution in [0.4, 0.5) is 0 Å². The first-order valence-electron chi connectivity index (χ1n) is 6.20. The monoisotopic (exact) mass is 356 g/mol. The normalized spacial score (nSPS) is 10.7. The lowest BCUT2D eigenvalue weighted by atomic mass is 10.2. The van der Waals surface area contributed by atoms with Crippen molar-refractivity contribution in [2.24, 2.45) is 5.10 Å². The highest BCUT2D eigenvalue weighted by Gasteiger charge is 2.04. The molecule has 0 atom stereocenters. The third-order valence-corrected chi connectivity index (χ3v) is 3.44. The van der Waals surface area contributed by atoms with Crippen LogP contribution in [0.25, 0.3) is 0 Å². The molecule has 0 unspecified atom stereocenters. The lowest BCUT2D eigenvalue weighted by molar-refractivity contribution is -0.123. The van der Waals surface area contributed by atoms with Gasteiger partial charge in [0.25, 0.3) is 5.91 Å². The highest BCUT2D eigenvalue weighted by Crippen LogP contribution is 2.22. The molecule has 0 aliphatic heterocycles. The molecule has 0 aliphatic rings. The molecule has 114 valence electrons. The number of nitrogens with zero attached hydrogens (tertiary/aromatic N) is 1. The number of rotatable bonds is 5. The van der Waals surface area contributed by atoms with Crippen LogP contribution in [0.5, 0.6) is 5.75 Å². The number of hydrogen-bond donors (Lipinski definition) is 1. The number of nitrogens with one attached hydrogen (secondary N) is 1. The minimum Gasteiger partial charge on any atom is -0.484 e. The third-order valence-electron chi connectivity index (χ3n) is 2.55. The Labute approximate surface area is 142 Å². The van der Waals surface area contributed by atoms with Crippen LogP contribution in [-0.4, -0.2) is 18.7 Å². The van der Waals surface area contributed by atoms with Crippen molar-refractivity contribution in [3.63, 3.8) is 0 Å². The van der Waals surface area contributed by atoms with Crippen LogP contribution in [0, 0.1) is 0 Å². The van der Waals surface area contributed by atoms with Crippen LogP contribution >= 0.6 is 34.8 Å². The van der Waals surface area contributed by atoms with E-state index in [4.69, 9.17) is 39.5 Å². The van der Waals surface area contributed by atoms with E-state index in [2.05, 4.69) is 10.5 Å². The fourth-order valence-corrected chi connectivity index (χ4v) is 2.22. The number of benzene rings is 2. The number of amides is 1. The zero-order chi connectivity index (χ0) is 15.9. The van der Waals surface area contributed by atoms with Gasteiger partial charge in [0, 0.05) is 10.6 Å². The van der Waals surface area contributed by atoms with Gasteiger partial charge in [-0.15, -0.1) is 0 Å². The van der Waals surface area contributed by atoms with Crippen LogP contribution in [0.1, 0.15) is 5.56 Å². The Morgan fingerprint density at radius 1 is 1.14 bits per heavy atom. The first kappa shape index (κ1) is 16.6. The maximum absolute atomic E-state index is 11.6. The predicted octanol–water partition coefficient (Wildman–Crippen LogP) is 4.18. The van der Waals surface area contributed by atoms with Gasteiger partial charge in [0.05, 0.1) is 16.3 Å². The Kier molecular flexibility index (Phi) is 6.07. The van der Waals surface area contributed by atoms with Crippen LogP contribution in [0.3, 0.4) is 0 Å². The van der Waals surface area contributed by atoms with Gasteiger partial charge in [0.2, 0.25) is 0 Å². The zero-order valence-electron chi connectivity index (χ0n) is 11.2. The van der Waals surface area contributed by atoms with Gasteiger partial charge in [-0.05, 0) is 30.3 Å². The number of carbonyl (C=O) groups is 1. The molecule has 7 heteroatoms. The molecule has 0 bridgehead atoms. The van der Waals surface area contributed by atoms with Gasteiger partial charge in [-0.1, -0.05) is 46.9 Å². The molecule has 2 aromatic rings. The average molecular weight is 358 g/mol. The van der Waals surface area contributed by atoms with Crippen molar-refractivity contribution in [2.75, 3.05) is 6.61 Å². The van der Waals surface area contributed by atoms with E-state index >= 15 is 0 Å². The second-order valence-electron chi connectivity index (χ2n) is 4.17. The van der Waals surface area contributed by atoms with Crippen molar-refractivity contribution < 1.29 is 9.53 Å². The van der Waals surface area contributed by atoms with Crippen molar-refractivity contribution in [3.8, 4) is 5.75 Å². The smallest absolute Gasteiger partial charge is 0.277 e. The second-order valence-corrected chi connectivity index (χ2v) is 5.43. The Hall–Kier alpha value is -1.75. The number of ether oxygens (including phenoxy) is 1. The molecule has 1 N–H and O–H groups in total. The van der Waals surface area contributed by atoms with Crippen LogP contribution < -0.4 is 10.2 Å². The molecule has 0 heterocycles. The minimum atomic E-state index is -0.417. The average Bonchev–Trinajstić information content (AvgIpc) is 2.48. The summed E-state index contributed by atoms with van der Waals surface area (Å²) in [6, 6.07) is 11.8. The van der Waals surface area contributed by atoms with Crippen LogP contribution in [0.2, 0.25) is 15.1 Å². The van der Waals surface area contributed by atoms with Gasteiger partial charge in [-0.3, -0.25) is 4.79 Å². The molecule has 1 amide bonds. The van der Waals surface area contributed by atoms with E-state index in [0.717, 1.165) is 0 Å². The molecule has 22 heavy (non-hydrogen) atoms. The van der Waals surface area contributed by atoms with E-state index in [0.29, 0.717) is 26.4 Å². The van der Waals surface area contributed by atoms with Gasteiger partial charge in [-0.2, -0.15) is 5.10 Å². The predicted molar refractivity (Wildman–Crippen MR) is 89.1 cm³/mol. The number of hydrogen-bond acceptors (Lipinski definition) is 3. The van der Waals surface area contributed by atoms with Crippen LogP contribution in [-0.2, 0) is 4.79 Å². The van der Waals surface area contributed by atoms with E-state index < -0.39 is 5.91 Å². The van der Waals surface area contributed by atoms with Gasteiger partial charge in [-0.25, -0.2) is 5.43 Å². The maximum Gasteiger partial charge on any atom is 0.277 e. The molecule has 0 aromatic heterocycles. The molecule has 4 nitrogen and oxygen atoms in total. The molecule has 0 radical (unpaired) electrons. The van der Waals surface area contributed by atoms with Gasteiger partial charge in [0.1, 0.15) is 5.75 Å². The van der Waals surface area contributed by atoms with Crippen LogP contribution in [0.15, 0.2) is 47.6 Å². The second kappa shape index (κ2) is 8.03. The Morgan fingerprint density at radius 3 is 2.50 bits per heavy atom. The quantitative estimate of drug-likeness (QED) is 0.645. The first-order valence-corrected chi connectivity index (χ1v) is 7.34. The maximum atomic E-state index is 11.6. The van der Waals surface area contributed by atoms with Crippen molar-refractivity contribution >= 4 is 46.9 Å². The standard InChI is InChI=1S/C15H11Cl3N2O2/c16-10-3-1-4-11(7-10)22-9-15(21)20-19-8-12-13(17)5-2-6-14(12)18/h1-8H,9H2,(H,20,21)/b19-8+. The largest absolute Gasteiger partial charge is 0.484 e. The van der Waals surface area contributed by atoms with Crippen molar-refractivity contribution in [3.05, 3.63) is 63.1 Å². The van der Waals surface area contributed by atoms with E-state index in [9.17, 15) is 4.79 Å². The third kappa shape index (κ3) is 4.91. The summed E-state index contributed by atoms with van der Waals surface area (Å²) in [7, 11) is 0. The minimum absolute atomic E-state index is 0.187. The van der Waals surface area contributed by atoms with Gasteiger partial charge < -0.3 is 4.74 Å². The molecule has 0 saturated carbocycles. The Balaban J connectivity index is 1.86. The summed E-state index contributed by atoms with van der Waals surface area (Å²) in [4.78, 5) is 11.6. The molecule has 2 rings (SSSR count). The Bertz CT molecular complexity index is 685. The van der Waals surface area contributed by atoms with Gasteiger partial charge >= 0.3 is 0 Å². The SMILES string of the molecule is O=C(COc1cccc(Cl)c1)N/N=C/c1c(Cl)cccc1Cl. The summed E-state index contributed by atoms with van der Waals surface area (Å²) < 4.78 is 5.28. The first-order chi connectivity index (χ1) is 10.6. The lowest BCUT2D eigenvalue weighted by Crippen LogP contribution is -2.24. The molecule has 0 fully saturated rings. The van der Waals surface area contributed by atoms with Crippen molar-refractivity contribution in [1.29, 1.82) is 0 Å². The molecule has 0 aliphatic carbocycles. The van der Waals surface area contributed by atoms with E-state index in [1.807, 2.05) is 0 Å².